The first-order valence-electron chi connectivity index (χ1n) is 10.9. The lowest BCUT2D eigenvalue weighted by molar-refractivity contribution is 0.518. The van der Waals surface area contributed by atoms with Crippen molar-refractivity contribution in [3.63, 3.8) is 0 Å². The van der Waals surface area contributed by atoms with Crippen molar-refractivity contribution in [2.24, 2.45) is 23.7 Å². The summed E-state index contributed by atoms with van der Waals surface area (Å²) in [6.07, 6.45) is 23.0. The van der Waals surface area contributed by atoms with Gasteiger partial charge in [0.1, 0.15) is 0 Å². The van der Waals surface area contributed by atoms with Gasteiger partial charge in [-0.05, 0) is 58.7 Å². The van der Waals surface area contributed by atoms with Crippen LogP contribution in [0.4, 0.5) is 0 Å². The smallest absolute Gasteiger partial charge is 0.0548 e. The van der Waals surface area contributed by atoms with Gasteiger partial charge in [-0.1, -0.05) is 98.8 Å². The molecule has 6 unspecified atom stereocenters. The number of hydrogen-bond acceptors (Lipinski definition) is 0. The summed E-state index contributed by atoms with van der Waals surface area (Å²) >= 11 is 0. The van der Waals surface area contributed by atoms with Crippen LogP contribution in [0, 0.1) is 23.7 Å². The number of fused-ring (bicyclic) bond motifs is 2. The van der Waals surface area contributed by atoms with Gasteiger partial charge >= 0.3 is 0 Å². The molecule has 0 spiro atoms. The minimum Gasteiger partial charge on any atom is -0.0808 e. The van der Waals surface area contributed by atoms with Crippen LogP contribution < -0.4 is 0 Å². The highest BCUT2D eigenvalue weighted by Gasteiger charge is 2.51. The van der Waals surface area contributed by atoms with Gasteiger partial charge < -0.3 is 0 Å². The first kappa shape index (κ1) is 17.5. The molecule has 1 aromatic carbocycles. The molecule has 0 N–H and O–H groups in total. The fourth-order valence-corrected chi connectivity index (χ4v) is 11.9. The number of hydrogen-bond donors (Lipinski definition) is 0. The van der Waals surface area contributed by atoms with Crippen molar-refractivity contribution >= 4 is 13.6 Å². The molecule has 4 aliphatic carbocycles. The van der Waals surface area contributed by atoms with E-state index in [1.807, 2.05) is 0 Å². The van der Waals surface area contributed by atoms with Crippen LogP contribution in [-0.4, -0.2) is 8.07 Å². The van der Waals surface area contributed by atoms with Gasteiger partial charge in [0, 0.05) is 0 Å². The molecule has 4 aliphatic rings. The van der Waals surface area contributed by atoms with E-state index < -0.39 is 8.07 Å². The van der Waals surface area contributed by atoms with Crippen molar-refractivity contribution in [3.05, 3.63) is 78.4 Å². The molecule has 2 saturated carbocycles. The normalized spacial score (nSPS) is 37.2. The van der Waals surface area contributed by atoms with Crippen LogP contribution in [-0.2, 0) is 0 Å². The minimum absolute atomic E-state index is 0.765. The molecule has 140 valence electrons. The van der Waals surface area contributed by atoms with E-state index in [-0.39, 0.29) is 0 Å². The van der Waals surface area contributed by atoms with E-state index in [1.165, 1.54) is 36.8 Å². The average Bonchev–Trinajstić information content (AvgIpc) is 3.33. The molecule has 0 radical (unpaired) electrons. The third kappa shape index (κ3) is 2.95. The molecule has 0 saturated heterocycles. The largest absolute Gasteiger partial charge is 0.0808 e. The molecule has 1 heteroatoms. The molecular weight excluding hydrogens is 340 g/mol. The van der Waals surface area contributed by atoms with Gasteiger partial charge in [0.2, 0.25) is 0 Å². The molecule has 0 bridgehead atoms. The van der Waals surface area contributed by atoms with Crippen LogP contribution in [0.1, 0.15) is 31.2 Å². The molecule has 0 nitrogen and oxygen atoms in total. The summed E-state index contributed by atoms with van der Waals surface area (Å²) in [6.45, 7) is 5.45. The van der Waals surface area contributed by atoms with E-state index in [9.17, 15) is 0 Å². The number of allylic oxidation sites excluding steroid dienone is 8. The van der Waals surface area contributed by atoms with Gasteiger partial charge in [0.25, 0.3) is 0 Å². The highest BCUT2D eigenvalue weighted by atomic mass is 28.3. The molecule has 2 fully saturated rings. The maximum atomic E-state index is 2.73. The highest BCUT2D eigenvalue weighted by molar-refractivity contribution is 6.80. The number of rotatable bonds is 3. The molecule has 0 aliphatic heterocycles. The summed E-state index contributed by atoms with van der Waals surface area (Å²) in [5.74, 6) is 3.22. The van der Waals surface area contributed by atoms with E-state index in [4.69, 9.17) is 0 Å². The second-order valence-corrected chi connectivity index (χ2v) is 14.9. The second kappa shape index (κ2) is 6.78. The van der Waals surface area contributed by atoms with E-state index in [0.717, 1.165) is 34.8 Å². The molecule has 6 atom stereocenters. The Morgan fingerprint density at radius 3 is 2.19 bits per heavy atom. The lowest BCUT2D eigenvalue weighted by Gasteiger charge is -2.42. The van der Waals surface area contributed by atoms with Gasteiger partial charge in [0.15, 0.2) is 0 Å². The lowest BCUT2D eigenvalue weighted by Crippen LogP contribution is -2.42. The van der Waals surface area contributed by atoms with Gasteiger partial charge in [-0.15, -0.1) is 0 Å². The van der Waals surface area contributed by atoms with Crippen LogP contribution in [0.3, 0.4) is 0 Å². The van der Waals surface area contributed by atoms with Gasteiger partial charge in [-0.2, -0.15) is 0 Å². The summed E-state index contributed by atoms with van der Waals surface area (Å²) in [5, 5.41) is 0. The Labute approximate surface area is 165 Å². The summed E-state index contributed by atoms with van der Waals surface area (Å²) in [4.78, 5) is 0. The van der Waals surface area contributed by atoms with Crippen LogP contribution in [0.2, 0.25) is 24.2 Å². The molecule has 27 heavy (non-hydrogen) atoms. The van der Waals surface area contributed by atoms with Crippen molar-refractivity contribution in [3.8, 4) is 0 Å². The first-order valence-corrected chi connectivity index (χ1v) is 14.1. The van der Waals surface area contributed by atoms with Crippen molar-refractivity contribution < 1.29 is 0 Å². The van der Waals surface area contributed by atoms with Gasteiger partial charge in [-0.3, -0.25) is 0 Å². The average molecular weight is 373 g/mol. The Morgan fingerprint density at radius 1 is 0.741 bits per heavy atom. The standard InChI is InChI=1S/C26H32Si/c1-27(2,25-16-13-20-10-6-7-11-23(20)25)26-17-14-22-18-21(12-15-24(22)26)19-8-4-3-5-9-19/h3-12,15,18,20,22-26H,13-14,16-17H2,1-2H3. The Kier molecular flexibility index (Phi) is 4.39. The zero-order chi connectivity index (χ0) is 18.4. The third-order valence-electron chi connectivity index (χ3n) is 8.25. The predicted octanol–water partition coefficient (Wildman–Crippen LogP) is 7.27. The van der Waals surface area contributed by atoms with Gasteiger partial charge in [0.05, 0.1) is 8.07 Å². The molecule has 5 rings (SSSR count). The van der Waals surface area contributed by atoms with Crippen LogP contribution in [0.25, 0.3) is 5.57 Å². The maximum Gasteiger partial charge on any atom is 0.0548 e. The Morgan fingerprint density at radius 2 is 1.41 bits per heavy atom. The lowest BCUT2D eigenvalue weighted by atomic mass is 9.86. The van der Waals surface area contributed by atoms with Crippen LogP contribution >= 0.6 is 0 Å². The third-order valence-corrected chi connectivity index (χ3v) is 13.4. The Balaban J connectivity index is 1.37. The molecule has 0 aromatic heterocycles. The summed E-state index contributed by atoms with van der Waals surface area (Å²) < 4.78 is 0. The summed E-state index contributed by atoms with van der Waals surface area (Å²) in [6, 6.07) is 10.9. The Hall–Kier alpha value is -1.60. The van der Waals surface area contributed by atoms with Crippen molar-refractivity contribution in [2.45, 2.75) is 49.9 Å². The van der Waals surface area contributed by atoms with Crippen LogP contribution in [0.15, 0.2) is 72.9 Å². The van der Waals surface area contributed by atoms with Crippen molar-refractivity contribution in [1.29, 1.82) is 0 Å². The monoisotopic (exact) mass is 372 g/mol. The zero-order valence-electron chi connectivity index (χ0n) is 16.7. The van der Waals surface area contributed by atoms with Crippen molar-refractivity contribution in [2.75, 3.05) is 0 Å². The van der Waals surface area contributed by atoms with Gasteiger partial charge in [-0.25, -0.2) is 0 Å². The minimum atomic E-state index is -1.32. The quantitative estimate of drug-likeness (QED) is 0.489. The molecule has 0 amide bonds. The summed E-state index contributed by atoms with van der Waals surface area (Å²) in [5.41, 5.74) is 4.75. The molecule has 0 heterocycles. The fourth-order valence-electron chi connectivity index (χ4n) is 6.82. The van der Waals surface area contributed by atoms with Crippen molar-refractivity contribution in [1.82, 2.24) is 0 Å². The van der Waals surface area contributed by atoms with E-state index in [2.05, 4.69) is 86.0 Å². The van der Waals surface area contributed by atoms with Crippen LogP contribution in [0.5, 0.6) is 0 Å². The van der Waals surface area contributed by atoms with E-state index in [1.54, 1.807) is 0 Å². The topological polar surface area (TPSA) is 0 Å². The predicted molar refractivity (Wildman–Crippen MR) is 119 cm³/mol. The second-order valence-electron chi connectivity index (χ2n) is 9.79. The van der Waals surface area contributed by atoms with E-state index in [0.29, 0.717) is 0 Å². The van der Waals surface area contributed by atoms with E-state index >= 15 is 0 Å². The highest BCUT2D eigenvalue weighted by Crippen LogP contribution is 2.59. The first-order chi connectivity index (χ1) is 13.1. The number of benzene rings is 1. The fraction of sp³-hybridized carbons (Fsp3) is 0.462. The SMILES string of the molecule is C[Si](C)(C1CCC2C=CC=CC21)C1CCC2C=C(c3ccccc3)C=CC21. The zero-order valence-corrected chi connectivity index (χ0v) is 17.7. The summed E-state index contributed by atoms with van der Waals surface area (Å²) in [7, 11) is -1.32. The Bertz CT molecular complexity index is 810. The molecular formula is C26H32Si. The maximum absolute atomic E-state index is 2.73. The molecule has 1 aromatic rings.